The fraction of sp³-hybridized carbons (Fsp3) is 0.333. The van der Waals surface area contributed by atoms with Gasteiger partial charge >= 0.3 is 0 Å². The third-order valence-corrected chi connectivity index (χ3v) is 4.54. The number of hydrogen-bond donors (Lipinski definition) is 0. The van der Waals surface area contributed by atoms with Gasteiger partial charge < -0.3 is 4.90 Å². The quantitative estimate of drug-likeness (QED) is 0.790. The van der Waals surface area contributed by atoms with Crippen molar-refractivity contribution >= 4 is 39.7 Å². The lowest BCUT2D eigenvalue weighted by Gasteiger charge is -2.14. The predicted octanol–water partition coefficient (Wildman–Crippen LogP) is 3.61. The van der Waals surface area contributed by atoms with Crippen LogP contribution in [0.25, 0.3) is 0 Å². The van der Waals surface area contributed by atoms with E-state index < -0.39 is 0 Å². The summed E-state index contributed by atoms with van der Waals surface area (Å²) < 4.78 is 0. The van der Waals surface area contributed by atoms with Crippen LogP contribution in [-0.4, -0.2) is 23.6 Å². The highest BCUT2D eigenvalue weighted by molar-refractivity contribution is 7.16. The minimum Gasteiger partial charge on any atom is -0.351 e. The smallest absolute Gasteiger partial charge is 0.186 e. The minimum atomic E-state index is 0.407. The van der Waals surface area contributed by atoms with Crippen LogP contribution in [-0.2, 0) is 12.3 Å². The Morgan fingerprint density at radius 3 is 2.83 bits per heavy atom. The van der Waals surface area contributed by atoms with E-state index in [1.807, 2.05) is 25.2 Å². The number of pyridine rings is 1. The van der Waals surface area contributed by atoms with E-state index in [1.165, 1.54) is 11.3 Å². The highest BCUT2D eigenvalue weighted by Gasteiger charge is 2.11. The van der Waals surface area contributed by atoms with E-state index in [9.17, 15) is 0 Å². The zero-order valence-corrected chi connectivity index (χ0v) is 12.3. The Hall–Kier alpha value is -0.840. The lowest BCUT2D eigenvalue weighted by atomic mass is 10.2. The standard InChI is InChI=1S/C12H13Cl2N3S/c1-17(7-5-9-4-2-3-6-15-9)12-16-11(14)10(8-13)18-12/h2-4,6H,5,7-8H2,1H3. The second-order valence-electron chi connectivity index (χ2n) is 3.84. The van der Waals surface area contributed by atoms with Crippen molar-refractivity contribution < 1.29 is 0 Å². The molecule has 2 rings (SSSR count). The SMILES string of the molecule is CN(CCc1ccccn1)c1nc(Cl)c(CCl)s1. The molecule has 3 nitrogen and oxygen atoms in total. The maximum Gasteiger partial charge on any atom is 0.186 e. The first-order valence-electron chi connectivity index (χ1n) is 5.53. The number of anilines is 1. The van der Waals surface area contributed by atoms with Gasteiger partial charge in [0.1, 0.15) is 5.15 Å². The molecule has 2 aromatic rings. The maximum absolute atomic E-state index is 5.98. The summed E-state index contributed by atoms with van der Waals surface area (Å²) in [5, 5.41) is 1.40. The van der Waals surface area contributed by atoms with E-state index >= 15 is 0 Å². The molecule has 0 aliphatic rings. The van der Waals surface area contributed by atoms with Crippen LogP contribution in [0.3, 0.4) is 0 Å². The van der Waals surface area contributed by atoms with Gasteiger partial charge in [0.25, 0.3) is 0 Å². The van der Waals surface area contributed by atoms with Gasteiger partial charge in [0, 0.05) is 31.9 Å². The van der Waals surface area contributed by atoms with E-state index in [2.05, 4.69) is 14.9 Å². The fourth-order valence-corrected chi connectivity index (χ4v) is 2.95. The van der Waals surface area contributed by atoms with E-state index in [1.54, 1.807) is 6.20 Å². The van der Waals surface area contributed by atoms with Crippen molar-refractivity contribution in [2.75, 3.05) is 18.5 Å². The highest BCUT2D eigenvalue weighted by Crippen LogP contribution is 2.30. The predicted molar refractivity (Wildman–Crippen MR) is 77.9 cm³/mol. The molecular formula is C12H13Cl2N3S. The molecule has 0 saturated heterocycles. The Labute approximate surface area is 120 Å². The van der Waals surface area contributed by atoms with Crippen LogP contribution in [0.2, 0.25) is 5.15 Å². The number of alkyl halides is 1. The van der Waals surface area contributed by atoms with Gasteiger partial charge in [0.15, 0.2) is 5.13 Å². The second kappa shape index (κ2) is 6.36. The van der Waals surface area contributed by atoms with Gasteiger partial charge in [-0.25, -0.2) is 4.98 Å². The topological polar surface area (TPSA) is 29.0 Å². The molecule has 0 amide bonds. The number of nitrogens with zero attached hydrogens (tertiary/aromatic N) is 3. The average molecular weight is 302 g/mol. The molecule has 18 heavy (non-hydrogen) atoms. The van der Waals surface area contributed by atoms with Crippen LogP contribution in [0.5, 0.6) is 0 Å². The van der Waals surface area contributed by atoms with Crippen molar-refractivity contribution in [2.45, 2.75) is 12.3 Å². The fourth-order valence-electron chi connectivity index (χ4n) is 1.49. The summed E-state index contributed by atoms with van der Waals surface area (Å²) in [6, 6.07) is 5.93. The summed E-state index contributed by atoms with van der Waals surface area (Å²) in [5.74, 6) is 0.407. The summed E-state index contributed by atoms with van der Waals surface area (Å²) in [6.07, 6.45) is 2.69. The minimum absolute atomic E-state index is 0.407. The summed E-state index contributed by atoms with van der Waals surface area (Å²) >= 11 is 13.3. The van der Waals surface area contributed by atoms with Crippen LogP contribution in [0.1, 0.15) is 10.6 Å². The second-order valence-corrected chi connectivity index (χ2v) is 5.52. The first kappa shape index (κ1) is 13.6. The molecule has 0 atom stereocenters. The monoisotopic (exact) mass is 301 g/mol. The largest absolute Gasteiger partial charge is 0.351 e. The Kier molecular flexibility index (Phi) is 4.80. The Morgan fingerprint density at radius 2 is 2.22 bits per heavy atom. The van der Waals surface area contributed by atoms with Crippen LogP contribution >= 0.6 is 34.5 Å². The number of likely N-dealkylation sites (N-methyl/N-ethyl adjacent to an activating group) is 1. The highest BCUT2D eigenvalue weighted by atomic mass is 35.5. The number of aromatic nitrogens is 2. The lowest BCUT2D eigenvalue weighted by molar-refractivity contribution is 0.848. The van der Waals surface area contributed by atoms with E-state index in [-0.39, 0.29) is 0 Å². The zero-order valence-electron chi connectivity index (χ0n) is 9.94. The van der Waals surface area contributed by atoms with Gasteiger partial charge in [0.05, 0.1) is 10.8 Å². The van der Waals surface area contributed by atoms with Crippen LogP contribution in [0.4, 0.5) is 5.13 Å². The van der Waals surface area contributed by atoms with Crippen molar-refractivity contribution in [2.24, 2.45) is 0 Å². The number of hydrogen-bond acceptors (Lipinski definition) is 4. The first-order valence-corrected chi connectivity index (χ1v) is 7.26. The van der Waals surface area contributed by atoms with E-state index in [0.29, 0.717) is 11.0 Å². The van der Waals surface area contributed by atoms with E-state index in [0.717, 1.165) is 28.7 Å². The van der Waals surface area contributed by atoms with Gasteiger partial charge in [-0.05, 0) is 12.1 Å². The van der Waals surface area contributed by atoms with Crippen molar-refractivity contribution in [1.29, 1.82) is 0 Å². The molecule has 0 aliphatic carbocycles. The Balaban J connectivity index is 1.97. The maximum atomic E-state index is 5.98. The Morgan fingerprint density at radius 1 is 1.39 bits per heavy atom. The molecule has 0 aromatic carbocycles. The molecule has 0 aliphatic heterocycles. The third kappa shape index (κ3) is 3.34. The normalized spacial score (nSPS) is 10.6. The molecule has 0 unspecified atom stereocenters. The van der Waals surface area contributed by atoms with Crippen molar-refractivity contribution in [3.8, 4) is 0 Å². The van der Waals surface area contributed by atoms with Crippen LogP contribution in [0.15, 0.2) is 24.4 Å². The molecule has 0 radical (unpaired) electrons. The molecule has 0 bridgehead atoms. The lowest BCUT2D eigenvalue weighted by Crippen LogP contribution is -2.20. The summed E-state index contributed by atoms with van der Waals surface area (Å²) in [6.45, 7) is 0.850. The first-order chi connectivity index (χ1) is 8.70. The number of rotatable bonds is 5. The summed E-state index contributed by atoms with van der Waals surface area (Å²) in [7, 11) is 2.00. The number of thiazole rings is 1. The summed E-state index contributed by atoms with van der Waals surface area (Å²) in [5.41, 5.74) is 1.07. The molecule has 0 fully saturated rings. The molecule has 6 heteroatoms. The average Bonchev–Trinajstić information content (AvgIpc) is 2.78. The molecule has 0 saturated carbocycles. The third-order valence-electron chi connectivity index (χ3n) is 2.52. The van der Waals surface area contributed by atoms with Gasteiger partial charge in [-0.1, -0.05) is 29.0 Å². The van der Waals surface area contributed by atoms with Gasteiger partial charge in [-0.15, -0.1) is 11.6 Å². The van der Waals surface area contributed by atoms with Crippen LogP contribution < -0.4 is 4.90 Å². The molecular weight excluding hydrogens is 289 g/mol. The van der Waals surface area contributed by atoms with Gasteiger partial charge in [0.2, 0.25) is 0 Å². The molecule has 0 N–H and O–H groups in total. The van der Waals surface area contributed by atoms with E-state index in [4.69, 9.17) is 23.2 Å². The van der Waals surface area contributed by atoms with Crippen molar-refractivity contribution in [3.05, 3.63) is 40.1 Å². The molecule has 96 valence electrons. The number of halogens is 2. The van der Waals surface area contributed by atoms with Gasteiger partial charge in [-0.3, -0.25) is 4.98 Å². The van der Waals surface area contributed by atoms with Crippen LogP contribution in [0, 0.1) is 0 Å². The molecule has 0 spiro atoms. The molecule has 2 heterocycles. The Bertz CT molecular complexity index is 501. The zero-order chi connectivity index (χ0) is 13.0. The molecule has 2 aromatic heterocycles. The van der Waals surface area contributed by atoms with Crippen molar-refractivity contribution in [1.82, 2.24) is 9.97 Å². The van der Waals surface area contributed by atoms with Gasteiger partial charge in [-0.2, -0.15) is 0 Å². The summed E-state index contributed by atoms with van der Waals surface area (Å²) in [4.78, 5) is 11.6. The van der Waals surface area contributed by atoms with Crippen molar-refractivity contribution in [3.63, 3.8) is 0 Å².